The SMILES string of the molecule is CC(CO)C(/C=C/c1ccc(O)cc1)c1ccc(O)cc1. The van der Waals surface area contributed by atoms with E-state index in [1.54, 1.807) is 24.3 Å². The lowest BCUT2D eigenvalue weighted by Crippen LogP contribution is -2.11. The number of aromatic hydroxyl groups is 2. The van der Waals surface area contributed by atoms with Gasteiger partial charge in [-0.05, 0) is 41.3 Å². The zero-order chi connectivity index (χ0) is 15.2. The Morgan fingerprint density at radius 3 is 1.95 bits per heavy atom. The maximum absolute atomic E-state index is 9.44. The van der Waals surface area contributed by atoms with Crippen molar-refractivity contribution in [1.29, 1.82) is 0 Å². The number of phenols is 2. The fourth-order valence-electron chi connectivity index (χ4n) is 2.24. The molecule has 0 radical (unpaired) electrons. The average molecular weight is 284 g/mol. The van der Waals surface area contributed by atoms with Crippen molar-refractivity contribution in [2.45, 2.75) is 12.8 Å². The molecular weight excluding hydrogens is 264 g/mol. The molecule has 0 saturated heterocycles. The highest BCUT2D eigenvalue weighted by atomic mass is 16.3. The van der Waals surface area contributed by atoms with Gasteiger partial charge in [0.1, 0.15) is 11.5 Å². The van der Waals surface area contributed by atoms with Crippen molar-refractivity contribution in [2.75, 3.05) is 6.61 Å². The maximum Gasteiger partial charge on any atom is 0.115 e. The van der Waals surface area contributed by atoms with Crippen molar-refractivity contribution in [3.8, 4) is 11.5 Å². The molecular formula is C18H20O3. The molecule has 0 saturated carbocycles. The van der Waals surface area contributed by atoms with Gasteiger partial charge in [0.15, 0.2) is 0 Å². The van der Waals surface area contributed by atoms with Crippen LogP contribution < -0.4 is 0 Å². The van der Waals surface area contributed by atoms with Crippen LogP contribution in [0.5, 0.6) is 11.5 Å². The number of benzene rings is 2. The van der Waals surface area contributed by atoms with Crippen LogP contribution in [0.25, 0.3) is 6.08 Å². The third kappa shape index (κ3) is 4.10. The van der Waals surface area contributed by atoms with Crippen molar-refractivity contribution in [3.05, 3.63) is 65.7 Å². The third-order valence-electron chi connectivity index (χ3n) is 3.57. The molecule has 3 heteroatoms. The van der Waals surface area contributed by atoms with Gasteiger partial charge in [-0.3, -0.25) is 0 Å². The van der Waals surface area contributed by atoms with Gasteiger partial charge in [0, 0.05) is 12.5 Å². The monoisotopic (exact) mass is 284 g/mol. The third-order valence-corrected chi connectivity index (χ3v) is 3.57. The van der Waals surface area contributed by atoms with E-state index in [-0.39, 0.29) is 29.9 Å². The number of rotatable bonds is 5. The molecule has 21 heavy (non-hydrogen) atoms. The Labute approximate surface area is 124 Å². The molecule has 0 aliphatic carbocycles. The molecule has 0 aromatic heterocycles. The molecule has 3 N–H and O–H groups in total. The van der Waals surface area contributed by atoms with Gasteiger partial charge in [0.05, 0.1) is 0 Å². The highest BCUT2D eigenvalue weighted by Crippen LogP contribution is 2.28. The fraction of sp³-hybridized carbons (Fsp3) is 0.222. The molecule has 2 aromatic rings. The highest BCUT2D eigenvalue weighted by Gasteiger charge is 2.15. The van der Waals surface area contributed by atoms with E-state index < -0.39 is 0 Å². The van der Waals surface area contributed by atoms with Crippen LogP contribution >= 0.6 is 0 Å². The van der Waals surface area contributed by atoms with Gasteiger partial charge in [-0.25, -0.2) is 0 Å². The lowest BCUT2D eigenvalue weighted by atomic mass is 9.87. The Kier molecular flexibility index (Phi) is 5.01. The van der Waals surface area contributed by atoms with E-state index in [1.165, 1.54) is 0 Å². The van der Waals surface area contributed by atoms with Crippen molar-refractivity contribution in [1.82, 2.24) is 0 Å². The van der Waals surface area contributed by atoms with Gasteiger partial charge in [-0.1, -0.05) is 43.3 Å². The quantitative estimate of drug-likeness (QED) is 0.787. The van der Waals surface area contributed by atoms with E-state index in [0.29, 0.717) is 0 Å². The first-order chi connectivity index (χ1) is 10.1. The molecule has 0 aliphatic heterocycles. The van der Waals surface area contributed by atoms with Crippen LogP contribution in [0.4, 0.5) is 0 Å². The summed E-state index contributed by atoms with van der Waals surface area (Å²) in [5, 5.41) is 28.1. The van der Waals surface area contributed by atoms with Crippen LogP contribution in [-0.2, 0) is 0 Å². The Hall–Kier alpha value is -2.26. The molecule has 110 valence electrons. The van der Waals surface area contributed by atoms with E-state index in [1.807, 2.05) is 43.3 Å². The standard InChI is InChI=1S/C18H20O3/c1-13(12-19)18(15-5-9-17(21)10-6-15)11-4-14-2-7-16(20)8-3-14/h2-11,13,18-21H,12H2,1H3/b11-4+. The lowest BCUT2D eigenvalue weighted by Gasteiger charge is -2.19. The topological polar surface area (TPSA) is 60.7 Å². The summed E-state index contributed by atoms with van der Waals surface area (Å²) in [6.07, 6.45) is 4.02. The average Bonchev–Trinajstić information content (AvgIpc) is 2.50. The van der Waals surface area contributed by atoms with Crippen molar-refractivity contribution in [2.24, 2.45) is 5.92 Å². The second-order valence-corrected chi connectivity index (χ2v) is 5.23. The predicted molar refractivity (Wildman–Crippen MR) is 84.2 cm³/mol. The van der Waals surface area contributed by atoms with Gasteiger partial charge >= 0.3 is 0 Å². The molecule has 0 spiro atoms. The molecule has 2 unspecified atom stereocenters. The number of aliphatic hydroxyl groups excluding tert-OH is 1. The minimum atomic E-state index is 0.0596. The highest BCUT2D eigenvalue weighted by molar-refractivity contribution is 5.52. The number of allylic oxidation sites excluding steroid dienone is 1. The largest absolute Gasteiger partial charge is 0.508 e. The van der Waals surface area contributed by atoms with Crippen LogP contribution in [0.1, 0.15) is 24.0 Å². The van der Waals surface area contributed by atoms with Crippen LogP contribution in [0.3, 0.4) is 0 Å². The van der Waals surface area contributed by atoms with E-state index in [0.717, 1.165) is 11.1 Å². The molecule has 0 bridgehead atoms. The first kappa shape index (κ1) is 15.1. The smallest absolute Gasteiger partial charge is 0.115 e. The molecule has 3 nitrogen and oxygen atoms in total. The van der Waals surface area contributed by atoms with Gasteiger partial charge in [-0.15, -0.1) is 0 Å². The van der Waals surface area contributed by atoms with Gasteiger partial charge in [-0.2, -0.15) is 0 Å². The van der Waals surface area contributed by atoms with E-state index >= 15 is 0 Å². The molecule has 2 atom stereocenters. The minimum absolute atomic E-state index is 0.0596. The summed E-state index contributed by atoms with van der Waals surface area (Å²) < 4.78 is 0. The Bertz CT molecular complexity index is 585. The Morgan fingerprint density at radius 2 is 1.43 bits per heavy atom. The van der Waals surface area contributed by atoms with Crippen molar-refractivity contribution < 1.29 is 15.3 Å². The summed E-state index contributed by atoms with van der Waals surface area (Å²) in [6, 6.07) is 14.0. The van der Waals surface area contributed by atoms with Crippen LogP contribution in [0.15, 0.2) is 54.6 Å². The van der Waals surface area contributed by atoms with Crippen LogP contribution in [0, 0.1) is 5.92 Å². The summed E-state index contributed by atoms with van der Waals surface area (Å²) in [6.45, 7) is 2.07. The van der Waals surface area contributed by atoms with Gasteiger partial charge < -0.3 is 15.3 Å². The minimum Gasteiger partial charge on any atom is -0.508 e. The zero-order valence-electron chi connectivity index (χ0n) is 12.0. The van der Waals surface area contributed by atoms with E-state index in [2.05, 4.69) is 0 Å². The second-order valence-electron chi connectivity index (χ2n) is 5.23. The summed E-state index contributed by atoms with van der Waals surface area (Å²) in [7, 11) is 0. The molecule has 0 amide bonds. The Balaban J connectivity index is 2.24. The molecule has 0 aliphatic rings. The maximum atomic E-state index is 9.44. The predicted octanol–water partition coefficient (Wildman–Crippen LogP) is 3.52. The normalized spacial score (nSPS) is 14.2. The molecule has 0 heterocycles. The number of hydrogen-bond donors (Lipinski definition) is 3. The summed E-state index contributed by atoms with van der Waals surface area (Å²) in [5.41, 5.74) is 2.03. The van der Waals surface area contributed by atoms with Crippen LogP contribution in [0.2, 0.25) is 0 Å². The Morgan fingerprint density at radius 1 is 0.905 bits per heavy atom. The van der Waals surface area contributed by atoms with Gasteiger partial charge in [0.25, 0.3) is 0 Å². The molecule has 2 aromatic carbocycles. The van der Waals surface area contributed by atoms with E-state index in [4.69, 9.17) is 0 Å². The van der Waals surface area contributed by atoms with E-state index in [9.17, 15) is 15.3 Å². The zero-order valence-corrected chi connectivity index (χ0v) is 12.0. The summed E-state index contributed by atoms with van der Waals surface area (Å²) in [4.78, 5) is 0. The first-order valence-electron chi connectivity index (χ1n) is 6.97. The number of aliphatic hydroxyl groups is 1. The molecule has 2 rings (SSSR count). The summed E-state index contributed by atoms with van der Waals surface area (Å²) in [5.74, 6) is 0.606. The second kappa shape index (κ2) is 6.95. The fourth-order valence-corrected chi connectivity index (χ4v) is 2.24. The van der Waals surface area contributed by atoms with Crippen molar-refractivity contribution >= 4 is 6.08 Å². The summed E-state index contributed by atoms with van der Waals surface area (Å²) >= 11 is 0. The lowest BCUT2D eigenvalue weighted by molar-refractivity contribution is 0.227. The van der Waals surface area contributed by atoms with Crippen molar-refractivity contribution in [3.63, 3.8) is 0 Å². The van der Waals surface area contributed by atoms with Crippen LogP contribution in [-0.4, -0.2) is 21.9 Å². The molecule has 0 fully saturated rings. The number of hydrogen-bond acceptors (Lipinski definition) is 3. The van der Waals surface area contributed by atoms with Gasteiger partial charge in [0.2, 0.25) is 0 Å². The first-order valence-corrected chi connectivity index (χ1v) is 6.97. The number of phenolic OH excluding ortho intramolecular Hbond substituents is 2.